The number of aldehydes is 1. The van der Waals surface area contributed by atoms with E-state index in [0.29, 0.717) is 29.5 Å². The molecule has 0 N–H and O–H groups in total. The zero-order valence-electron chi connectivity index (χ0n) is 14.6. The maximum absolute atomic E-state index is 11.7. The number of para-hydroxylation sites is 1. The van der Waals surface area contributed by atoms with E-state index in [2.05, 4.69) is 0 Å². The molecule has 0 saturated carbocycles. The first kappa shape index (κ1) is 18.2. The fourth-order valence-corrected chi connectivity index (χ4v) is 2.44. The number of carbonyl (C=O) groups is 2. The number of benzene rings is 2. The maximum Gasteiger partial charge on any atom is 0.513 e. The van der Waals surface area contributed by atoms with Gasteiger partial charge in [-0.05, 0) is 30.3 Å². The smallest absolute Gasteiger partial charge is 0.432 e. The van der Waals surface area contributed by atoms with Crippen molar-refractivity contribution >= 4 is 29.1 Å². The first-order chi connectivity index (χ1) is 13.1. The van der Waals surface area contributed by atoms with E-state index in [4.69, 9.17) is 13.9 Å². The van der Waals surface area contributed by atoms with Crippen LogP contribution >= 0.6 is 0 Å². The Hall–Kier alpha value is -3.61. The van der Waals surface area contributed by atoms with Crippen molar-refractivity contribution in [3.8, 4) is 5.75 Å². The first-order valence-electron chi connectivity index (χ1n) is 8.21. The van der Waals surface area contributed by atoms with Gasteiger partial charge in [-0.3, -0.25) is 4.79 Å². The van der Waals surface area contributed by atoms with Gasteiger partial charge in [0.2, 0.25) is 0 Å². The predicted molar refractivity (Wildman–Crippen MR) is 99.6 cm³/mol. The van der Waals surface area contributed by atoms with Crippen molar-refractivity contribution in [2.24, 2.45) is 0 Å². The third-order valence-electron chi connectivity index (χ3n) is 3.91. The average Bonchev–Trinajstić information content (AvgIpc) is 2.67. The molecule has 3 rings (SSSR count). The molecule has 0 spiro atoms. The normalized spacial score (nSPS) is 10.4. The van der Waals surface area contributed by atoms with Gasteiger partial charge in [0.25, 0.3) is 0 Å². The summed E-state index contributed by atoms with van der Waals surface area (Å²) in [5.41, 5.74) is 0.446. The third-order valence-corrected chi connectivity index (χ3v) is 3.91. The number of anilines is 1. The van der Waals surface area contributed by atoms with Gasteiger partial charge in [0.1, 0.15) is 23.5 Å². The first-order valence-corrected chi connectivity index (χ1v) is 8.21. The molecule has 7 heteroatoms. The standard InChI is InChI=1S/C20H17NO6/c1-21(9-10-25-20(24)26-17-5-3-2-4-6-17)16-8-7-14-11-15(13-22)19(23)27-18(14)12-16/h2-8,11-13H,9-10H2,1H3. The van der Waals surface area contributed by atoms with Crippen LogP contribution in [0.3, 0.4) is 0 Å². The molecule has 0 unspecified atom stereocenters. The second-order valence-corrected chi connectivity index (χ2v) is 5.76. The van der Waals surface area contributed by atoms with Crippen molar-refractivity contribution in [3.05, 3.63) is 70.6 Å². The van der Waals surface area contributed by atoms with Crippen molar-refractivity contribution < 1.29 is 23.5 Å². The number of hydrogen-bond donors (Lipinski definition) is 0. The Balaban J connectivity index is 1.59. The monoisotopic (exact) mass is 367 g/mol. The number of rotatable bonds is 6. The van der Waals surface area contributed by atoms with Crippen molar-refractivity contribution in [2.45, 2.75) is 0 Å². The van der Waals surface area contributed by atoms with Crippen molar-refractivity contribution in [1.29, 1.82) is 0 Å². The number of carbonyl (C=O) groups excluding carboxylic acids is 2. The third kappa shape index (κ3) is 4.52. The molecule has 27 heavy (non-hydrogen) atoms. The Labute approximate surface area is 154 Å². The van der Waals surface area contributed by atoms with E-state index in [9.17, 15) is 14.4 Å². The molecule has 1 heterocycles. The number of ether oxygens (including phenoxy) is 2. The van der Waals surface area contributed by atoms with Gasteiger partial charge in [-0.15, -0.1) is 0 Å². The molecule has 2 aromatic carbocycles. The van der Waals surface area contributed by atoms with Gasteiger partial charge in [-0.25, -0.2) is 9.59 Å². The lowest BCUT2D eigenvalue weighted by molar-refractivity contribution is 0.102. The van der Waals surface area contributed by atoms with Crippen LogP contribution in [0.15, 0.2) is 63.8 Å². The highest BCUT2D eigenvalue weighted by Gasteiger charge is 2.09. The van der Waals surface area contributed by atoms with E-state index in [1.54, 1.807) is 36.4 Å². The highest BCUT2D eigenvalue weighted by molar-refractivity contribution is 5.86. The molecule has 0 aliphatic carbocycles. The predicted octanol–water partition coefficient (Wildman–Crippen LogP) is 3.26. The zero-order valence-corrected chi connectivity index (χ0v) is 14.6. The Morgan fingerprint density at radius 2 is 1.93 bits per heavy atom. The fourth-order valence-electron chi connectivity index (χ4n) is 2.44. The van der Waals surface area contributed by atoms with Crippen molar-refractivity contribution in [3.63, 3.8) is 0 Å². The molecular formula is C20H17NO6. The summed E-state index contributed by atoms with van der Waals surface area (Å²) in [6.07, 6.45) is -0.308. The summed E-state index contributed by atoms with van der Waals surface area (Å²) in [5.74, 6) is 0.412. The van der Waals surface area contributed by atoms with Gasteiger partial charge < -0.3 is 18.8 Å². The van der Waals surface area contributed by atoms with Crippen LogP contribution in [0, 0.1) is 0 Å². The van der Waals surface area contributed by atoms with E-state index in [0.717, 1.165) is 5.69 Å². The van der Waals surface area contributed by atoms with E-state index in [1.807, 2.05) is 24.1 Å². The van der Waals surface area contributed by atoms with Gasteiger partial charge in [0.15, 0.2) is 6.29 Å². The molecule has 0 aliphatic heterocycles. The quantitative estimate of drug-likeness (QED) is 0.286. The highest BCUT2D eigenvalue weighted by atomic mass is 16.7. The molecule has 0 aliphatic rings. The van der Waals surface area contributed by atoms with Crippen LogP contribution in [0.4, 0.5) is 10.5 Å². The van der Waals surface area contributed by atoms with Gasteiger partial charge in [0.05, 0.1) is 6.54 Å². The Morgan fingerprint density at radius 1 is 1.15 bits per heavy atom. The highest BCUT2D eigenvalue weighted by Crippen LogP contribution is 2.21. The van der Waals surface area contributed by atoms with Crippen molar-refractivity contribution in [1.82, 2.24) is 0 Å². The molecule has 3 aromatic rings. The fraction of sp³-hybridized carbons (Fsp3) is 0.150. The van der Waals surface area contributed by atoms with Crippen LogP contribution in [0.1, 0.15) is 10.4 Å². The number of fused-ring (bicyclic) bond motifs is 1. The molecule has 7 nitrogen and oxygen atoms in total. The Kier molecular flexibility index (Phi) is 5.51. The van der Waals surface area contributed by atoms with E-state index in [-0.39, 0.29) is 12.2 Å². The van der Waals surface area contributed by atoms with Crippen LogP contribution in [0.5, 0.6) is 5.75 Å². The molecule has 1 aromatic heterocycles. The lowest BCUT2D eigenvalue weighted by Crippen LogP contribution is -2.24. The molecule has 0 saturated heterocycles. The minimum atomic E-state index is -0.777. The molecule has 0 radical (unpaired) electrons. The summed E-state index contributed by atoms with van der Waals surface area (Å²) in [5, 5.41) is 0.650. The van der Waals surface area contributed by atoms with Crippen LogP contribution in [-0.4, -0.2) is 32.6 Å². The minimum Gasteiger partial charge on any atom is -0.432 e. The lowest BCUT2D eigenvalue weighted by Gasteiger charge is -2.19. The summed E-state index contributed by atoms with van der Waals surface area (Å²) in [4.78, 5) is 36.0. The summed E-state index contributed by atoms with van der Waals surface area (Å²) < 4.78 is 15.3. The number of nitrogens with zero attached hydrogens (tertiary/aromatic N) is 1. The second-order valence-electron chi connectivity index (χ2n) is 5.76. The Morgan fingerprint density at radius 3 is 2.67 bits per heavy atom. The number of likely N-dealkylation sites (N-methyl/N-ethyl adjacent to an activating group) is 1. The largest absolute Gasteiger partial charge is 0.513 e. The second kappa shape index (κ2) is 8.18. The molecule has 0 amide bonds. The summed E-state index contributed by atoms with van der Waals surface area (Å²) in [6.45, 7) is 0.528. The zero-order chi connectivity index (χ0) is 19.2. The number of hydrogen-bond acceptors (Lipinski definition) is 7. The van der Waals surface area contributed by atoms with Crippen LogP contribution in [-0.2, 0) is 4.74 Å². The molecule has 0 fully saturated rings. The maximum atomic E-state index is 11.7. The summed E-state index contributed by atoms with van der Waals surface area (Å²) in [7, 11) is 1.81. The summed E-state index contributed by atoms with van der Waals surface area (Å²) in [6, 6.07) is 15.4. The molecule has 0 bridgehead atoms. The van der Waals surface area contributed by atoms with Crippen molar-refractivity contribution in [2.75, 3.05) is 25.1 Å². The SMILES string of the molecule is CN(CCOC(=O)Oc1ccccc1)c1ccc2cc(C=O)c(=O)oc2c1. The van der Waals surface area contributed by atoms with Crippen LogP contribution in [0.25, 0.3) is 11.0 Å². The van der Waals surface area contributed by atoms with Gasteiger partial charge in [-0.2, -0.15) is 0 Å². The van der Waals surface area contributed by atoms with Gasteiger partial charge >= 0.3 is 11.8 Å². The molecule has 0 atom stereocenters. The molecule has 138 valence electrons. The topological polar surface area (TPSA) is 86.0 Å². The minimum absolute atomic E-state index is 0.0195. The summed E-state index contributed by atoms with van der Waals surface area (Å²) >= 11 is 0. The Bertz CT molecular complexity index is 1010. The van der Waals surface area contributed by atoms with Gasteiger partial charge in [-0.1, -0.05) is 18.2 Å². The van der Waals surface area contributed by atoms with Crippen LogP contribution < -0.4 is 15.3 Å². The van der Waals surface area contributed by atoms with Crippen LogP contribution in [0.2, 0.25) is 0 Å². The van der Waals surface area contributed by atoms with Gasteiger partial charge in [0, 0.05) is 24.2 Å². The molecular weight excluding hydrogens is 350 g/mol. The van der Waals surface area contributed by atoms with E-state index < -0.39 is 11.8 Å². The van der Waals surface area contributed by atoms with E-state index in [1.165, 1.54) is 6.07 Å². The lowest BCUT2D eigenvalue weighted by atomic mass is 10.1. The average molecular weight is 367 g/mol. The van der Waals surface area contributed by atoms with E-state index >= 15 is 0 Å².